The van der Waals surface area contributed by atoms with E-state index in [0.717, 1.165) is 23.5 Å². The van der Waals surface area contributed by atoms with Crippen LogP contribution in [0.1, 0.15) is 17.0 Å². The zero-order valence-corrected chi connectivity index (χ0v) is 20.4. The third-order valence-electron chi connectivity index (χ3n) is 5.81. The van der Waals surface area contributed by atoms with Crippen molar-refractivity contribution in [1.82, 2.24) is 20.1 Å². The maximum atomic E-state index is 6.29. The predicted molar refractivity (Wildman–Crippen MR) is 139 cm³/mol. The fourth-order valence-electron chi connectivity index (χ4n) is 4.04. The van der Waals surface area contributed by atoms with E-state index in [2.05, 4.69) is 68.6 Å². The quantitative estimate of drug-likeness (QED) is 0.328. The molecule has 1 saturated heterocycles. The van der Waals surface area contributed by atoms with Crippen LogP contribution in [0.3, 0.4) is 0 Å². The molecule has 4 aromatic rings. The lowest BCUT2D eigenvalue weighted by atomic mass is 10.0. The molecule has 1 aliphatic heterocycles. The lowest BCUT2D eigenvalue weighted by Crippen LogP contribution is -2.31. The summed E-state index contributed by atoms with van der Waals surface area (Å²) in [6, 6.07) is 22.7. The maximum absolute atomic E-state index is 6.29. The van der Waals surface area contributed by atoms with Gasteiger partial charge in [0.15, 0.2) is 5.82 Å². The molecule has 33 heavy (non-hydrogen) atoms. The van der Waals surface area contributed by atoms with Gasteiger partial charge < -0.3 is 0 Å². The molecule has 0 spiro atoms. The molecular weight excluding hydrogens is 471 g/mol. The number of thioether (sulfide) groups is 1. The zero-order chi connectivity index (χ0) is 22.6. The van der Waals surface area contributed by atoms with E-state index < -0.39 is 0 Å². The van der Waals surface area contributed by atoms with Gasteiger partial charge >= 0.3 is 0 Å². The van der Waals surface area contributed by atoms with E-state index in [1.54, 1.807) is 12.1 Å². The summed E-state index contributed by atoms with van der Waals surface area (Å²) in [5, 5.41) is 8.75. The van der Waals surface area contributed by atoms with Crippen molar-refractivity contribution >= 4 is 35.0 Å². The molecule has 2 heterocycles. The first kappa shape index (κ1) is 22.5. The summed E-state index contributed by atoms with van der Waals surface area (Å²) < 4.78 is 0. The number of aromatic nitrogens is 3. The number of benzene rings is 3. The van der Waals surface area contributed by atoms with Gasteiger partial charge in [-0.05, 0) is 46.5 Å². The van der Waals surface area contributed by atoms with Crippen LogP contribution in [-0.2, 0) is 13.0 Å². The fraction of sp³-hybridized carbons (Fsp3) is 0.231. The maximum Gasteiger partial charge on any atom is 0.181 e. The van der Waals surface area contributed by atoms with Crippen LogP contribution in [0.5, 0.6) is 0 Å². The van der Waals surface area contributed by atoms with Crippen LogP contribution in [0.2, 0.25) is 10.0 Å². The van der Waals surface area contributed by atoms with Gasteiger partial charge in [-0.3, -0.25) is 10.00 Å². The van der Waals surface area contributed by atoms with Gasteiger partial charge in [0.1, 0.15) is 5.82 Å². The van der Waals surface area contributed by atoms with E-state index in [1.807, 2.05) is 17.8 Å². The van der Waals surface area contributed by atoms with Crippen molar-refractivity contribution in [2.45, 2.75) is 13.0 Å². The molecule has 5 rings (SSSR count). The molecule has 0 radical (unpaired) electrons. The Morgan fingerprint density at radius 2 is 1.67 bits per heavy atom. The summed E-state index contributed by atoms with van der Waals surface area (Å²) in [6.45, 7) is 3.36. The molecule has 0 saturated carbocycles. The van der Waals surface area contributed by atoms with Crippen molar-refractivity contribution < 1.29 is 0 Å². The lowest BCUT2D eigenvalue weighted by molar-refractivity contribution is 0.294. The topological polar surface area (TPSA) is 44.8 Å². The van der Waals surface area contributed by atoms with Crippen molar-refractivity contribution in [2.75, 3.05) is 24.6 Å². The van der Waals surface area contributed by atoms with Gasteiger partial charge in [0.05, 0.1) is 0 Å². The SMILES string of the molecule is Clc1ccc(Cl)c(Cc2nc(-c3ccc(-c4cccc(CN5CCSCC5)c4)cc3)n[nH]2)c1. The summed E-state index contributed by atoms with van der Waals surface area (Å²) in [5.41, 5.74) is 5.68. The van der Waals surface area contributed by atoms with Gasteiger partial charge in [-0.25, -0.2) is 4.98 Å². The molecule has 1 fully saturated rings. The number of aromatic amines is 1. The summed E-state index contributed by atoms with van der Waals surface area (Å²) in [4.78, 5) is 7.19. The molecule has 1 N–H and O–H groups in total. The number of halogens is 2. The Bertz CT molecular complexity index is 1230. The summed E-state index contributed by atoms with van der Waals surface area (Å²) in [7, 11) is 0. The normalized spacial score (nSPS) is 14.5. The second-order valence-electron chi connectivity index (χ2n) is 8.18. The second-order valence-corrected chi connectivity index (χ2v) is 10.3. The first-order chi connectivity index (χ1) is 16.1. The Hall–Kier alpha value is -2.31. The number of rotatable bonds is 6. The zero-order valence-electron chi connectivity index (χ0n) is 18.1. The van der Waals surface area contributed by atoms with Crippen molar-refractivity contribution in [3.63, 3.8) is 0 Å². The largest absolute Gasteiger partial charge is 0.297 e. The third kappa shape index (κ3) is 5.61. The van der Waals surface area contributed by atoms with Crippen molar-refractivity contribution in [3.8, 4) is 22.5 Å². The summed E-state index contributed by atoms with van der Waals surface area (Å²) in [5.74, 6) is 3.89. The van der Waals surface area contributed by atoms with Gasteiger partial charge in [-0.2, -0.15) is 16.9 Å². The van der Waals surface area contributed by atoms with Crippen molar-refractivity contribution in [1.29, 1.82) is 0 Å². The van der Waals surface area contributed by atoms with Crippen LogP contribution in [0.25, 0.3) is 22.5 Å². The Labute approximate surface area is 208 Å². The molecule has 1 aliphatic rings. The van der Waals surface area contributed by atoms with E-state index in [1.165, 1.54) is 41.3 Å². The average Bonchev–Trinajstić information content (AvgIpc) is 3.31. The number of hydrogen-bond donors (Lipinski definition) is 1. The van der Waals surface area contributed by atoms with E-state index in [-0.39, 0.29) is 0 Å². The minimum Gasteiger partial charge on any atom is -0.297 e. The minimum absolute atomic E-state index is 0.549. The first-order valence-electron chi connectivity index (χ1n) is 11.0. The molecule has 1 aromatic heterocycles. The standard InChI is InChI=1S/C26H24Cl2N4S/c27-23-8-9-24(28)22(15-23)16-25-29-26(31-30-25)20-6-4-19(5-7-20)21-3-1-2-18(14-21)17-32-10-12-33-13-11-32/h1-9,14-15H,10-13,16-17H2,(H,29,30,31). The number of hydrogen-bond acceptors (Lipinski definition) is 4. The number of nitrogens with zero attached hydrogens (tertiary/aromatic N) is 3. The summed E-state index contributed by atoms with van der Waals surface area (Å²) in [6.07, 6.45) is 0.549. The minimum atomic E-state index is 0.549. The van der Waals surface area contributed by atoms with Gasteiger partial charge in [-0.1, -0.05) is 65.7 Å². The molecule has 0 bridgehead atoms. The molecule has 7 heteroatoms. The van der Waals surface area contributed by atoms with Crippen LogP contribution in [-0.4, -0.2) is 44.7 Å². The predicted octanol–water partition coefficient (Wildman–Crippen LogP) is 6.59. The number of nitrogens with one attached hydrogen (secondary N) is 1. The highest BCUT2D eigenvalue weighted by atomic mass is 35.5. The molecule has 168 valence electrons. The molecule has 3 aromatic carbocycles. The monoisotopic (exact) mass is 494 g/mol. The second kappa shape index (κ2) is 10.3. The third-order valence-corrected chi connectivity index (χ3v) is 7.36. The van der Waals surface area contributed by atoms with Gasteiger partial charge in [0.25, 0.3) is 0 Å². The van der Waals surface area contributed by atoms with E-state index >= 15 is 0 Å². The highest BCUT2D eigenvalue weighted by molar-refractivity contribution is 7.99. The van der Waals surface area contributed by atoms with Crippen LogP contribution in [0.4, 0.5) is 0 Å². The van der Waals surface area contributed by atoms with E-state index in [0.29, 0.717) is 22.3 Å². The lowest BCUT2D eigenvalue weighted by Gasteiger charge is -2.26. The Morgan fingerprint density at radius 3 is 2.48 bits per heavy atom. The van der Waals surface area contributed by atoms with Crippen molar-refractivity contribution in [3.05, 3.63) is 93.7 Å². The smallest absolute Gasteiger partial charge is 0.181 e. The van der Waals surface area contributed by atoms with Crippen LogP contribution in [0, 0.1) is 0 Å². The highest BCUT2D eigenvalue weighted by Gasteiger charge is 2.12. The molecular formula is C26H24Cl2N4S. The van der Waals surface area contributed by atoms with E-state index in [9.17, 15) is 0 Å². The average molecular weight is 495 g/mol. The fourth-order valence-corrected chi connectivity index (χ4v) is 5.40. The highest BCUT2D eigenvalue weighted by Crippen LogP contribution is 2.26. The van der Waals surface area contributed by atoms with Crippen LogP contribution >= 0.6 is 35.0 Å². The van der Waals surface area contributed by atoms with Crippen molar-refractivity contribution in [2.24, 2.45) is 0 Å². The number of H-pyrrole nitrogens is 1. The van der Waals surface area contributed by atoms with Gasteiger partial charge in [-0.15, -0.1) is 0 Å². The van der Waals surface area contributed by atoms with Crippen LogP contribution < -0.4 is 0 Å². The van der Waals surface area contributed by atoms with E-state index in [4.69, 9.17) is 23.2 Å². The Morgan fingerprint density at radius 1 is 0.879 bits per heavy atom. The molecule has 0 atom stereocenters. The molecule has 0 unspecified atom stereocenters. The summed E-state index contributed by atoms with van der Waals surface area (Å²) >= 11 is 14.4. The molecule has 0 amide bonds. The molecule has 0 aliphatic carbocycles. The Balaban J connectivity index is 1.29. The molecule has 4 nitrogen and oxygen atoms in total. The van der Waals surface area contributed by atoms with Crippen LogP contribution in [0.15, 0.2) is 66.7 Å². The first-order valence-corrected chi connectivity index (χ1v) is 12.9. The van der Waals surface area contributed by atoms with Gasteiger partial charge in [0, 0.05) is 53.2 Å². The van der Waals surface area contributed by atoms with Gasteiger partial charge in [0.2, 0.25) is 0 Å². The Kier molecular flexibility index (Phi) is 7.02.